The number of hydrogen-bond acceptors (Lipinski definition) is 1. The highest BCUT2D eigenvalue weighted by Gasteiger charge is 2.20. The van der Waals surface area contributed by atoms with Gasteiger partial charge < -0.3 is 6.15 Å². The van der Waals surface area contributed by atoms with Gasteiger partial charge in [0.25, 0.3) is 0 Å². The summed E-state index contributed by atoms with van der Waals surface area (Å²) in [6.07, 6.45) is 6.40. The van der Waals surface area contributed by atoms with Crippen LogP contribution in [0, 0.1) is 0 Å². The highest BCUT2D eigenvalue weighted by atomic mass is 35.5. The molecule has 0 radical (unpaired) electrons. The van der Waals surface area contributed by atoms with E-state index in [4.69, 9.17) is 11.6 Å². The predicted molar refractivity (Wildman–Crippen MR) is 53.5 cm³/mol. The van der Waals surface area contributed by atoms with E-state index in [1.807, 2.05) is 12.2 Å². The molecule has 0 heterocycles. The lowest BCUT2D eigenvalue weighted by Crippen LogP contribution is -2.17. The average molecular weight is 176 g/mol. The van der Waals surface area contributed by atoms with E-state index in [9.17, 15) is 0 Å². The quantitative estimate of drug-likeness (QED) is 0.502. The molecule has 0 saturated heterocycles. The fourth-order valence-electron chi connectivity index (χ4n) is 0.889. The summed E-state index contributed by atoms with van der Waals surface area (Å²) in [6.45, 7) is 9.40. The van der Waals surface area contributed by atoms with E-state index in [0.717, 1.165) is 19.3 Å². The lowest BCUT2D eigenvalue weighted by molar-refractivity contribution is 0.569. The van der Waals surface area contributed by atoms with Crippen LogP contribution in [0.25, 0.3) is 0 Å². The molecule has 0 aromatic heterocycles. The number of rotatable bonds is 5. The second-order valence-corrected chi connectivity index (χ2v) is 3.29. The summed E-state index contributed by atoms with van der Waals surface area (Å²) >= 11 is 6.18. The van der Waals surface area contributed by atoms with E-state index in [0.29, 0.717) is 0 Å². The number of alkyl halides is 1. The Labute approximate surface area is 74.7 Å². The van der Waals surface area contributed by atoms with E-state index in [1.165, 1.54) is 0 Å². The zero-order valence-electron chi connectivity index (χ0n) is 7.28. The Morgan fingerprint density at radius 3 is 1.82 bits per heavy atom. The van der Waals surface area contributed by atoms with Gasteiger partial charge in [0.15, 0.2) is 0 Å². The minimum atomic E-state index is -0.122. The van der Waals surface area contributed by atoms with Crippen molar-refractivity contribution in [2.24, 2.45) is 0 Å². The summed E-state index contributed by atoms with van der Waals surface area (Å²) in [6, 6.07) is 0. The highest BCUT2D eigenvalue weighted by molar-refractivity contribution is 6.24. The van der Waals surface area contributed by atoms with Crippen molar-refractivity contribution in [3.05, 3.63) is 25.3 Å². The minimum absolute atomic E-state index is 0. The maximum absolute atomic E-state index is 6.18. The normalized spacial score (nSPS) is 10.0. The summed E-state index contributed by atoms with van der Waals surface area (Å²) in [7, 11) is 0. The van der Waals surface area contributed by atoms with Gasteiger partial charge in [-0.1, -0.05) is 19.1 Å². The molecule has 0 amide bonds. The molecule has 0 unspecified atom stereocenters. The number of allylic oxidation sites excluding steroid dienone is 2. The molecule has 0 aromatic rings. The van der Waals surface area contributed by atoms with Gasteiger partial charge in [0, 0.05) is 0 Å². The molecule has 0 saturated carbocycles. The van der Waals surface area contributed by atoms with E-state index < -0.39 is 0 Å². The van der Waals surface area contributed by atoms with Crippen LogP contribution in [0.5, 0.6) is 0 Å². The molecule has 0 fully saturated rings. The lowest BCUT2D eigenvalue weighted by Gasteiger charge is -2.21. The molecular weight excluding hydrogens is 158 g/mol. The van der Waals surface area contributed by atoms with Crippen LogP contribution in [0.1, 0.15) is 26.2 Å². The van der Waals surface area contributed by atoms with Crippen molar-refractivity contribution >= 4 is 11.6 Å². The summed E-state index contributed by atoms with van der Waals surface area (Å²) < 4.78 is 0. The maximum Gasteiger partial charge on any atom is 0.0512 e. The first kappa shape index (κ1) is 13.3. The van der Waals surface area contributed by atoms with Gasteiger partial charge in [-0.3, -0.25) is 0 Å². The minimum Gasteiger partial charge on any atom is -0.344 e. The van der Waals surface area contributed by atoms with Gasteiger partial charge in [-0.2, -0.15) is 0 Å². The smallest absolute Gasteiger partial charge is 0.0512 e. The molecule has 0 aliphatic heterocycles. The van der Waals surface area contributed by atoms with Crippen molar-refractivity contribution in [1.29, 1.82) is 0 Å². The van der Waals surface area contributed by atoms with Crippen LogP contribution >= 0.6 is 11.6 Å². The van der Waals surface area contributed by atoms with Crippen LogP contribution in [0.4, 0.5) is 0 Å². The van der Waals surface area contributed by atoms with Gasteiger partial charge >= 0.3 is 0 Å². The third-order valence-electron chi connectivity index (χ3n) is 1.65. The molecule has 1 nitrogen and oxygen atoms in total. The van der Waals surface area contributed by atoms with Gasteiger partial charge in [-0.25, -0.2) is 0 Å². The van der Waals surface area contributed by atoms with Crippen LogP contribution in [-0.2, 0) is 0 Å². The van der Waals surface area contributed by atoms with E-state index >= 15 is 0 Å². The monoisotopic (exact) mass is 175 g/mol. The average Bonchev–Trinajstić information content (AvgIpc) is 1.89. The molecule has 0 rings (SSSR count). The molecule has 0 aliphatic rings. The molecule has 0 aliphatic carbocycles. The topological polar surface area (TPSA) is 35.0 Å². The van der Waals surface area contributed by atoms with Crippen molar-refractivity contribution in [2.45, 2.75) is 31.1 Å². The molecule has 0 spiro atoms. The Bertz CT molecular complexity index is 111. The molecule has 66 valence electrons. The first-order chi connectivity index (χ1) is 4.68. The van der Waals surface area contributed by atoms with Crippen molar-refractivity contribution < 1.29 is 0 Å². The number of halogens is 1. The SMILES string of the molecule is C=CCC(Cl)(CC)CC=C.N. The Morgan fingerprint density at radius 2 is 1.64 bits per heavy atom. The third kappa shape index (κ3) is 5.05. The van der Waals surface area contributed by atoms with E-state index in [2.05, 4.69) is 20.1 Å². The first-order valence-electron chi connectivity index (χ1n) is 3.59. The van der Waals surface area contributed by atoms with Crippen molar-refractivity contribution in [3.63, 3.8) is 0 Å². The van der Waals surface area contributed by atoms with Crippen molar-refractivity contribution in [2.75, 3.05) is 0 Å². The molecule has 0 bridgehead atoms. The van der Waals surface area contributed by atoms with Crippen molar-refractivity contribution in [1.82, 2.24) is 6.15 Å². The summed E-state index contributed by atoms with van der Waals surface area (Å²) in [5.74, 6) is 0. The van der Waals surface area contributed by atoms with Gasteiger partial charge in [0.05, 0.1) is 4.87 Å². The van der Waals surface area contributed by atoms with Gasteiger partial charge in [-0.15, -0.1) is 24.8 Å². The zero-order chi connectivity index (χ0) is 8.04. The Kier molecular flexibility index (Phi) is 7.80. The predicted octanol–water partition coefficient (Wildman–Crippen LogP) is 3.69. The van der Waals surface area contributed by atoms with Gasteiger partial charge in [-0.05, 0) is 19.3 Å². The highest BCUT2D eigenvalue weighted by Crippen LogP contribution is 2.28. The van der Waals surface area contributed by atoms with E-state index in [1.54, 1.807) is 0 Å². The third-order valence-corrected chi connectivity index (χ3v) is 2.23. The molecule has 3 N–H and O–H groups in total. The summed E-state index contributed by atoms with van der Waals surface area (Å²) in [5, 5.41) is 0. The molecule has 0 atom stereocenters. The lowest BCUT2D eigenvalue weighted by atomic mass is 9.97. The molecule has 0 aromatic carbocycles. The van der Waals surface area contributed by atoms with Crippen LogP contribution in [0.3, 0.4) is 0 Å². The van der Waals surface area contributed by atoms with Gasteiger partial charge in [0.2, 0.25) is 0 Å². The number of hydrogen-bond donors (Lipinski definition) is 1. The van der Waals surface area contributed by atoms with Crippen LogP contribution < -0.4 is 6.15 Å². The Balaban J connectivity index is 0. The summed E-state index contributed by atoms with van der Waals surface area (Å²) in [5.41, 5.74) is 0. The first-order valence-corrected chi connectivity index (χ1v) is 3.97. The maximum atomic E-state index is 6.18. The second kappa shape index (κ2) is 6.44. The van der Waals surface area contributed by atoms with Crippen LogP contribution in [-0.4, -0.2) is 4.87 Å². The zero-order valence-corrected chi connectivity index (χ0v) is 8.03. The standard InChI is InChI=1S/C9H15Cl.H3N/c1-4-7-9(10,6-3)8-5-2;/h4-5H,1-2,6-8H2,3H3;1H3. The Hall–Kier alpha value is -0.270. The molecule has 2 heteroatoms. The van der Waals surface area contributed by atoms with E-state index in [-0.39, 0.29) is 11.0 Å². The fraction of sp³-hybridized carbons (Fsp3) is 0.556. The van der Waals surface area contributed by atoms with Crippen molar-refractivity contribution in [3.8, 4) is 0 Å². The molecular formula is C9H18ClN. The largest absolute Gasteiger partial charge is 0.344 e. The van der Waals surface area contributed by atoms with Crippen LogP contribution in [0.15, 0.2) is 25.3 Å². The second-order valence-electron chi connectivity index (χ2n) is 2.49. The van der Waals surface area contributed by atoms with Crippen LogP contribution in [0.2, 0.25) is 0 Å². The fourth-order valence-corrected chi connectivity index (χ4v) is 1.11. The molecule has 11 heavy (non-hydrogen) atoms. The Morgan fingerprint density at radius 1 is 1.27 bits per heavy atom. The summed E-state index contributed by atoms with van der Waals surface area (Å²) in [4.78, 5) is -0.122. The van der Waals surface area contributed by atoms with Gasteiger partial charge in [0.1, 0.15) is 0 Å².